The normalized spacial score (nSPS) is 11.9. The summed E-state index contributed by atoms with van der Waals surface area (Å²) in [6.07, 6.45) is -1.35. The van der Waals surface area contributed by atoms with Gasteiger partial charge in [0.15, 0.2) is 6.10 Å². The maximum absolute atomic E-state index is 11.1. The summed E-state index contributed by atoms with van der Waals surface area (Å²) < 4.78 is 4.49. The molecule has 1 atom stereocenters. The second-order valence-electron chi connectivity index (χ2n) is 2.92. The van der Waals surface area contributed by atoms with Crippen LogP contribution < -0.4 is 5.73 Å². The van der Waals surface area contributed by atoms with E-state index >= 15 is 0 Å². The molecule has 1 aromatic rings. The lowest BCUT2D eigenvalue weighted by Gasteiger charge is -2.06. The van der Waals surface area contributed by atoms with Crippen molar-refractivity contribution in [3.8, 4) is 0 Å². The number of nitrogens with two attached hydrogens (primary N) is 1. The summed E-state index contributed by atoms with van der Waals surface area (Å²) in [5.74, 6) is -1.31. The van der Waals surface area contributed by atoms with E-state index in [1.807, 2.05) is 0 Å². The molecule has 1 aromatic carbocycles. The Hall–Kier alpha value is -1.88. The second-order valence-corrected chi connectivity index (χ2v) is 2.92. The summed E-state index contributed by atoms with van der Waals surface area (Å²) in [5, 5.41) is 9.29. The minimum Gasteiger partial charge on any atom is -0.465 e. The van der Waals surface area contributed by atoms with Crippen molar-refractivity contribution in [2.24, 2.45) is 5.73 Å². The summed E-state index contributed by atoms with van der Waals surface area (Å²) in [4.78, 5) is 21.7. The van der Waals surface area contributed by atoms with Crippen LogP contribution in [0.2, 0.25) is 0 Å². The van der Waals surface area contributed by atoms with Gasteiger partial charge >= 0.3 is 5.97 Å². The van der Waals surface area contributed by atoms with Gasteiger partial charge in [0.25, 0.3) is 5.91 Å². The number of aliphatic hydroxyl groups is 1. The van der Waals surface area contributed by atoms with Crippen molar-refractivity contribution in [2.75, 3.05) is 7.11 Å². The number of carbonyl (C=O) groups excluding carboxylic acids is 2. The monoisotopic (exact) mass is 209 g/mol. The van der Waals surface area contributed by atoms with Crippen LogP contribution in [0.1, 0.15) is 22.0 Å². The van der Waals surface area contributed by atoms with Crippen molar-refractivity contribution in [3.05, 3.63) is 35.4 Å². The molecule has 0 aromatic heterocycles. The molecule has 0 aliphatic rings. The van der Waals surface area contributed by atoms with E-state index in [0.29, 0.717) is 11.1 Å². The molecule has 0 bridgehead atoms. The minimum absolute atomic E-state index is 0.343. The molecule has 15 heavy (non-hydrogen) atoms. The number of methoxy groups -OCH3 is 1. The summed E-state index contributed by atoms with van der Waals surface area (Å²) in [6.45, 7) is 0. The standard InChI is InChI=1S/C10H11NO4/c1-15-10(14)7-4-2-6(3-5-7)8(12)9(11)13/h2-5,8,12H,1H3,(H2,11,13). The number of ether oxygens (including phenoxy) is 1. The summed E-state index contributed by atoms with van der Waals surface area (Å²) in [6, 6.07) is 5.80. The first-order chi connectivity index (χ1) is 7.06. The fraction of sp³-hybridized carbons (Fsp3) is 0.200. The van der Waals surface area contributed by atoms with Gasteiger partial charge < -0.3 is 15.6 Å². The van der Waals surface area contributed by atoms with Gasteiger partial charge in [-0.05, 0) is 17.7 Å². The van der Waals surface area contributed by atoms with E-state index in [0.717, 1.165) is 0 Å². The SMILES string of the molecule is COC(=O)c1ccc(C(O)C(N)=O)cc1. The number of hydrogen-bond acceptors (Lipinski definition) is 4. The lowest BCUT2D eigenvalue weighted by atomic mass is 10.1. The van der Waals surface area contributed by atoms with Gasteiger partial charge in [0.1, 0.15) is 0 Å². The number of hydrogen-bond donors (Lipinski definition) is 2. The molecular weight excluding hydrogens is 198 g/mol. The van der Waals surface area contributed by atoms with E-state index in [9.17, 15) is 14.7 Å². The number of rotatable bonds is 3. The molecule has 1 rings (SSSR count). The van der Waals surface area contributed by atoms with Crippen LogP contribution >= 0.6 is 0 Å². The highest BCUT2D eigenvalue weighted by molar-refractivity contribution is 5.89. The number of carbonyl (C=O) groups is 2. The molecule has 0 radical (unpaired) electrons. The van der Waals surface area contributed by atoms with Crippen LogP contribution in [0.4, 0.5) is 0 Å². The maximum Gasteiger partial charge on any atom is 0.337 e. The fourth-order valence-electron chi connectivity index (χ4n) is 1.08. The zero-order valence-corrected chi connectivity index (χ0v) is 8.14. The molecule has 0 saturated carbocycles. The van der Waals surface area contributed by atoms with Crippen LogP contribution in [0, 0.1) is 0 Å². The van der Waals surface area contributed by atoms with E-state index in [1.54, 1.807) is 0 Å². The average Bonchev–Trinajstić information content (AvgIpc) is 2.27. The number of primary amides is 1. The van der Waals surface area contributed by atoms with Crippen molar-refractivity contribution < 1.29 is 19.4 Å². The summed E-state index contributed by atoms with van der Waals surface area (Å²) in [5.41, 5.74) is 5.60. The summed E-state index contributed by atoms with van der Waals surface area (Å²) >= 11 is 0. The third kappa shape index (κ3) is 2.54. The molecule has 80 valence electrons. The van der Waals surface area contributed by atoms with Crippen molar-refractivity contribution in [1.82, 2.24) is 0 Å². The van der Waals surface area contributed by atoms with Crippen LogP contribution in [-0.2, 0) is 9.53 Å². The van der Waals surface area contributed by atoms with Gasteiger partial charge in [-0.25, -0.2) is 4.79 Å². The largest absolute Gasteiger partial charge is 0.465 e. The Balaban J connectivity index is 2.90. The molecule has 5 nitrogen and oxygen atoms in total. The molecule has 0 spiro atoms. The quantitative estimate of drug-likeness (QED) is 0.685. The van der Waals surface area contributed by atoms with Gasteiger partial charge in [0.05, 0.1) is 12.7 Å². The predicted octanol–water partition coefficient (Wildman–Crippen LogP) is -0.00810. The molecule has 0 saturated heterocycles. The lowest BCUT2D eigenvalue weighted by molar-refractivity contribution is -0.126. The third-order valence-electron chi connectivity index (χ3n) is 1.92. The number of esters is 1. The van der Waals surface area contributed by atoms with Gasteiger partial charge in [-0.1, -0.05) is 12.1 Å². The van der Waals surface area contributed by atoms with Crippen molar-refractivity contribution >= 4 is 11.9 Å². The van der Waals surface area contributed by atoms with Crippen LogP contribution in [0.5, 0.6) is 0 Å². The van der Waals surface area contributed by atoms with Crippen molar-refractivity contribution in [3.63, 3.8) is 0 Å². The van der Waals surface area contributed by atoms with Crippen LogP contribution in [0.25, 0.3) is 0 Å². The Morgan fingerprint density at radius 3 is 2.27 bits per heavy atom. The summed E-state index contributed by atoms with van der Waals surface area (Å²) in [7, 11) is 1.27. The van der Waals surface area contributed by atoms with Crippen LogP contribution in [0.15, 0.2) is 24.3 Å². The molecule has 0 heterocycles. The van der Waals surface area contributed by atoms with E-state index in [1.165, 1.54) is 31.4 Å². The van der Waals surface area contributed by atoms with Gasteiger partial charge in [0, 0.05) is 0 Å². The average molecular weight is 209 g/mol. The van der Waals surface area contributed by atoms with Gasteiger partial charge in [-0.15, -0.1) is 0 Å². The van der Waals surface area contributed by atoms with E-state index in [4.69, 9.17) is 5.73 Å². The van der Waals surface area contributed by atoms with E-state index in [-0.39, 0.29) is 0 Å². The lowest BCUT2D eigenvalue weighted by Crippen LogP contribution is -2.20. The molecule has 0 fully saturated rings. The van der Waals surface area contributed by atoms with Crippen molar-refractivity contribution in [2.45, 2.75) is 6.10 Å². The topological polar surface area (TPSA) is 89.6 Å². The Bertz CT molecular complexity index is 372. The molecular formula is C10H11NO4. The van der Waals surface area contributed by atoms with Crippen LogP contribution in [0.3, 0.4) is 0 Å². The molecule has 5 heteroatoms. The van der Waals surface area contributed by atoms with E-state index < -0.39 is 18.0 Å². The predicted molar refractivity (Wildman–Crippen MR) is 51.9 cm³/mol. The number of benzene rings is 1. The van der Waals surface area contributed by atoms with Gasteiger partial charge in [-0.3, -0.25) is 4.79 Å². The maximum atomic E-state index is 11.1. The molecule has 1 amide bonds. The zero-order valence-electron chi connectivity index (χ0n) is 8.14. The first-order valence-electron chi connectivity index (χ1n) is 4.22. The fourth-order valence-corrected chi connectivity index (χ4v) is 1.08. The Morgan fingerprint density at radius 2 is 1.87 bits per heavy atom. The molecule has 0 aliphatic heterocycles. The minimum atomic E-state index is -1.35. The van der Waals surface area contributed by atoms with Gasteiger partial charge in [-0.2, -0.15) is 0 Å². The Morgan fingerprint density at radius 1 is 1.33 bits per heavy atom. The molecule has 0 aliphatic carbocycles. The van der Waals surface area contributed by atoms with Crippen LogP contribution in [-0.4, -0.2) is 24.1 Å². The number of amides is 1. The van der Waals surface area contributed by atoms with Gasteiger partial charge in [0.2, 0.25) is 0 Å². The highest BCUT2D eigenvalue weighted by atomic mass is 16.5. The number of aliphatic hydroxyl groups excluding tert-OH is 1. The first-order valence-corrected chi connectivity index (χ1v) is 4.22. The Labute approximate surface area is 86.5 Å². The van der Waals surface area contributed by atoms with Crippen molar-refractivity contribution in [1.29, 1.82) is 0 Å². The first kappa shape index (κ1) is 11.2. The third-order valence-corrected chi connectivity index (χ3v) is 1.92. The smallest absolute Gasteiger partial charge is 0.337 e. The Kier molecular flexibility index (Phi) is 3.41. The highest BCUT2D eigenvalue weighted by Gasteiger charge is 2.14. The highest BCUT2D eigenvalue weighted by Crippen LogP contribution is 2.13. The zero-order chi connectivity index (χ0) is 11.4. The molecule has 1 unspecified atom stereocenters. The van der Waals surface area contributed by atoms with E-state index in [2.05, 4.69) is 4.74 Å². The second kappa shape index (κ2) is 4.56. The molecule has 3 N–H and O–H groups in total.